The lowest BCUT2D eigenvalue weighted by atomic mass is 9.97. The summed E-state index contributed by atoms with van der Waals surface area (Å²) < 4.78 is 30.8. The van der Waals surface area contributed by atoms with Crippen LogP contribution in [0, 0.1) is 5.41 Å². The van der Waals surface area contributed by atoms with E-state index in [1.165, 1.54) is 26.3 Å². The van der Waals surface area contributed by atoms with Crippen LogP contribution in [0.5, 0.6) is 5.75 Å². The first-order valence-corrected chi connectivity index (χ1v) is 8.37. The second-order valence-electron chi connectivity index (χ2n) is 6.27. The summed E-state index contributed by atoms with van der Waals surface area (Å²) in [6.07, 6.45) is 0. The lowest BCUT2D eigenvalue weighted by Crippen LogP contribution is -2.41. The Hall–Kier alpha value is -1.60. The maximum Gasteiger partial charge on any atom is 0.243 e. The maximum absolute atomic E-state index is 12.4. The van der Waals surface area contributed by atoms with Gasteiger partial charge in [0.1, 0.15) is 5.75 Å². The molecule has 1 amide bonds. The van der Waals surface area contributed by atoms with E-state index in [1.54, 1.807) is 12.1 Å². The van der Waals surface area contributed by atoms with E-state index in [2.05, 4.69) is 5.32 Å². The highest BCUT2D eigenvalue weighted by atomic mass is 32.2. The summed E-state index contributed by atoms with van der Waals surface area (Å²) in [5.41, 5.74) is -0.0525. The molecule has 0 radical (unpaired) electrons. The monoisotopic (exact) mass is 328 g/mol. The van der Waals surface area contributed by atoms with Gasteiger partial charge in [-0.1, -0.05) is 20.8 Å². The van der Waals surface area contributed by atoms with Gasteiger partial charge >= 0.3 is 0 Å². The van der Waals surface area contributed by atoms with Crippen molar-refractivity contribution in [1.29, 1.82) is 0 Å². The molecule has 0 unspecified atom stereocenters. The number of hydrogen-bond acceptors (Lipinski definition) is 4. The highest BCUT2D eigenvalue weighted by molar-refractivity contribution is 7.89. The van der Waals surface area contributed by atoms with E-state index in [-0.39, 0.29) is 22.8 Å². The maximum atomic E-state index is 12.4. The molecule has 0 fully saturated rings. The Morgan fingerprint density at radius 1 is 1.23 bits per heavy atom. The fourth-order valence-electron chi connectivity index (χ4n) is 1.63. The van der Waals surface area contributed by atoms with Crippen LogP contribution in [0.4, 0.5) is 0 Å². The largest absolute Gasteiger partial charge is 0.497 e. The molecule has 7 heteroatoms. The fourth-order valence-corrected chi connectivity index (χ4v) is 2.76. The van der Waals surface area contributed by atoms with Gasteiger partial charge in [-0.15, -0.1) is 0 Å². The second kappa shape index (κ2) is 7.11. The smallest absolute Gasteiger partial charge is 0.243 e. The third-order valence-electron chi connectivity index (χ3n) is 2.95. The molecule has 22 heavy (non-hydrogen) atoms. The highest BCUT2D eigenvalue weighted by Crippen LogP contribution is 2.18. The van der Waals surface area contributed by atoms with E-state index < -0.39 is 10.0 Å². The number of nitrogens with zero attached hydrogens (tertiary/aromatic N) is 1. The minimum absolute atomic E-state index is 0.0525. The first-order chi connectivity index (χ1) is 10.1. The first-order valence-electron chi connectivity index (χ1n) is 6.93. The van der Waals surface area contributed by atoms with Crippen molar-refractivity contribution in [3.05, 3.63) is 24.3 Å². The highest BCUT2D eigenvalue weighted by Gasteiger charge is 2.23. The molecule has 0 aliphatic heterocycles. The molecule has 1 N–H and O–H groups in total. The standard InChI is InChI=1S/C15H24N2O4S/c1-15(2,3)11-16-14(18)10-17(4)22(19,20)13-8-6-12(21-5)7-9-13/h6-9H,10-11H2,1-5H3,(H,16,18). The van der Waals surface area contributed by atoms with Gasteiger partial charge < -0.3 is 10.1 Å². The van der Waals surface area contributed by atoms with E-state index in [9.17, 15) is 13.2 Å². The molecule has 0 aromatic heterocycles. The predicted molar refractivity (Wildman–Crippen MR) is 85.3 cm³/mol. The van der Waals surface area contributed by atoms with Gasteiger partial charge in [-0.05, 0) is 29.7 Å². The van der Waals surface area contributed by atoms with Gasteiger partial charge in [0.15, 0.2) is 0 Å². The lowest BCUT2D eigenvalue weighted by molar-refractivity contribution is -0.121. The van der Waals surface area contributed by atoms with Crippen molar-refractivity contribution in [1.82, 2.24) is 9.62 Å². The number of methoxy groups -OCH3 is 1. The number of rotatable bonds is 6. The Kier molecular flexibility index (Phi) is 5.96. The molecular formula is C15H24N2O4S. The average molecular weight is 328 g/mol. The van der Waals surface area contributed by atoms with E-state index >= 15 is 0 Å². The van der Waals surface area contributed by atoms with Crippen molar-refractivity contribution in [2.24, 2.45) is 5.41 Å². The van der Waals surface area contributed by atoms with E-state index in [1.807, 2.05) is 20.8 Å². The van der Waals surface area contributed by atoms with Crippen LogP contribution in [0.2, 0.25) is 0 Å². The van der Waals surface area contributed by atoms with Crippen LogP contribution in [-0.4, -0.2) is 45.9 Å². The van der Waals surface area contributed by atoms with Crippen molar-refractivity contribution in [3.8, 4) is 5.75 Å². The molecule has 1 aromatic carbocycles. The van der Waals surface area contributed by atoms with E-state index in [0.717, 1.165) is 4.31 Å². The Morgan fingerprint density at radius 2 is 1.77 bits per heavy atom. The van der Waals surface area contributed by atoms with Crippen molar-refractivity contribution >= 4 is 15.9 Å². The topological polar surface area (TPSA) is 75.7 Å². The first kappa shape index (κ1) is 18.4. The summed E-state index contributed by atoms with van der Waals surface area (Å²) in [4.78, 5) is 12.0. The number of carbonyl (C=O) groups excluding carboxylic acids is 1. The number of likely N-dealkylation sites (N-methyl/N-ethyl adjacent to an activating group) is 1. The number of amides is 1. The zero-order valence-corrected chi connectivity index (χ0v) is 14.5. The van der Waals surface area contributed by atoms with E-state index in [0.29, 0.717) is 12.3 Å². The molecule has 1 aromatic rings. The Balaban J connectivity index is 2.73. The summed E-state index contributed by atoms with van der Waals surface area (Å²) >= 11 is 0. The molecule has 124 valence electrons. The van der Waals surface area contributed by atoms with Crippen LogP contribution < -0.4 is 10.1 Å². The third-order valence-corrected chi connectivity index (χ3v) is 4.77. The molecule has 0 heterocycles. The molecular weight excluding hydrogens is 304 g/mol. The van der Waals surface area contributed by atoms with Crippen LogP contribution in [0.1, 0.15) is 20.8 Å². The van der Waals surface area contributed by atoms with Gasteiger partial charge in [0.05, 0.1) is 18.6 Å². The van der Waals surface area contributed by atoms with Crippen LogP contribution in [0.3, 0.4) is 0 Å². The number of benzene rings is 1. The molecule has 0 aliphatic rings. The molecule has 0 saturated heterocycles. The molecule has 0 bridgehead atoms. The van der Waals surface area contributed by atoms with Gasteiger partial charge in [-0.2, -0.15) is 4.31 Å². The van der Waals surface area contributed by atoms with E-state index in [4.69, 9.17) is 4.74 Å². The lowest BCUT2D eigenvalue weighted by Gasteiger charge is -2.21. The van der Waals surface area contributed by atoms with Crippen molar-refractivity contribution in [2.45, 2.75) is 25.7 Å². The number of sulfonamides is 1. The average Bonchev–Trinajstić information content (AvgIpc) is 2.44. The number of hydrogen-bond donors (Lipinski definition) is 1. The van der Waals surface area contributed by atoms with Gasteiger partial charge in [0.25, 0.3) is 0 Å². The van der Waals surface area contributed by atoms with Gasteiger partial charge in [-0.25, -0.2) is 8.42 Å². The van der Waals surface area contributed by atoms with Crippen molar-refractivity contribution < 1.29 is 17.9 Å². The Labute approximate surface area is 132 Å². The molecule has 0 aliphatic carbocycles. The summed E-state index contributed by atoms with van der Waals surface area (Å²) in [5, 5.41) is 2.73. The molecule has 0 spiro atoms. The Bertz CT molecular complexity index is 603. The third kappa shape index (κ3) is 5.31. The van der Waals surface area contributed by atoms with Crippen LogP contribution >= 0.6 is 0 Å². The van der Waals surface area contributed by atoms with Gasteiger partial charge in [0, 0.05) is 13.6 Å². The number of carbonyl (C=O) groups is 1. The SMILES string of the molecule is COc1ccc(S(=O)(=O)N(C)CC(=O)NCC(C)(C)C)cc1. The zero-order chi connectivity index (χ0) is 17.0. The normalized spacial score (nSPS) is 12.3. The fraction of sp³-hybridized carbons (Fsp3) is 0.533. The second-order valence-corrected chi connectivity index (χ2v) is 8.32. The van der Waals surface area contributed by atoms with Crippen LogP contribution in [0.25, 0.3) is 0 Å². The minimum atomic E-state index is -3.70. The summed E-state index contributed by atoms with van der Waals surface area (Å²) in [5.74, 6) is 0.249. The van der Waals surface area contributed by atoms with Crippen molar-refractivity contribution in [3.63, 3.8) is 0 Å². The number of ether oxygens (including phenoxy) is 1. The Morgan fingerprint density at radius 3 is 2.23 bits per heavy atom. The van der Waals surface area contributed by atoms with Crippen LogP contribution in [-0.2, 0) is 14.8 Å². The van der Waals surface area contributed by atoms with Crippen LogP contribution in [0.15, 0.2) is 29.2 Å². The molecule has 0 saturated carbocycles. The summed E-state index contributed by atoms with van der Waals surface area (Å²) in [6, 6.07) is 6.05. The summed E-state index contributed by atoms with van der Waals surface area (Å²) in [6.45, 7) is 6.24. The molecule has 1 rings (SSSR count). The minimum Gasteiger partial charge on any atom is -0.497 e. The molecule has 0 atom stereocenters. The number of nitrogens with one attached hydrogen (secondary N) is 1. The van der Waals surface area contributed by atoms with Crippen molar-refractivity contribution in [2.75, 3.05) is 27.2 Å². The quantitative estimate of drug-likeness (QED) is 0.858. The zero-order valence-electron chi connectivity index (χ0n) is 13.7. The van der Waals surface area contributed by atoms with Gasteiger partial charge in [-0.3, -0.25) is 4.79 Å². The van der Waals surface area contributed by atoms with Gasteiger partial charge in [0.2, 0.25) is 15.9 Å². The predicted octanol–water partition coefficient (Wildman–Crippen LogP) is 1.48. The summed E-state index contributed by atoms with van der Waals surface area (Å²) in [7, 11) is -0.802. The molecule has 6 nitrogen and oxygen atoms in total.